The number of allylic oxidation sites excluding steroid dienone is 11. The van der Waals surface area contributed by atoms with Gasteiger partial charge in [0.2, 0.25) is 0 Å². The number of hydrogen-bond acceptors (Lipinski definition) is 0. The van der Waals surface area contributed by atoms with Crippen molar-refractivity contribution in [3.63, 3.8) is 0 Å². The summed E-state index contributed by atoms with van der Waals surface area (Å²) in [4.78, 5) is 0. The Bertz CT molecular complexity index is 373. The summed E-state index contributed by atoms with van der Waals surface area (Å²) < 4.78 is 0. The smallest absolute Gasteiger partial charge is 0.00696 e. The zero-order chi connectivity index (χ0) is 11.8. The van der Waals surface area contributed by atoms with Crippen molar-refractivity contribution in [1.29, 1.82) is 0 Å². The number of hydrogen-bond donors (Lipinski definition) is 0. The van der Waals surface area contributed by atoms with Gasteiger partial charge in [0.25, 0.3) is 0 Å². The van der Waals surface area contributed by atoms with Crippen molar-refractivity contribution in [2.75, 3.05) is 0 Å². The van der Waals surface area contributed by atoms with Gasteiger partial charge in [0.1, 0.15) is 0 Å². The van der Waals surface area contributed by atoms with Gasteiger partial charge in [-0.25, -0.2) is 0 Å². The highest BCUT2D eigenvalue weighted by Gasteiger charge is 2.02. The summed E-state index contributed by atoms with van der Waals surface area (Å²) in [6, 6.07) is 0. The fourth-order valence-corrected chi connectivity index (χ4v) is 1.66. The zero-order valence-electron chi connectivity index (χ0n) is 10.2. The molecule has 84 valence electrons. The van der Waals surface area contributed by atoms with Crippen molar-refractivity contribution < 1.29 is 0 Å². The molecule has 0 nitrogen and oxygen atoms in total. The van der Waals surface area contributed by atoms with Gasteiger partial charge in [0.05, 0.1) is 0 Å². The van der Waals surface area contributed by atoms with E-state index >= 15 is 0 Å². The van der Waals surface area contributed by atoms with Gasteiger partial charge in [-0.2, -0.15) is 0 Å². The van der Waals surface area contributed by atoms with Crippen molar-refractivity contribution in [2.24, 2.45) is 5.92 Å². The van der Waals surface area contributed by atoms with Crippen LogP contribution in [-0.4, -0.2) is 0 Å². The maximum absolute atomic E-state index is 3.71. The minimum Gasteiger partial charge on any atom is -0.0991 e. The lowest BCUT2D eigenvalue weighted by Crippen LogP contribution is -1.88. The van der Waals surface area contributed by atoms with Crippen LogP contribution in [0.4, 0.5) is 0 Å². The molecule has 0 saturated heterocycles. The summed E-state index contributed by atoms with van der Waals surface area (Å²) in [5.74, 6) is 0.488. The molecule has 0 heterocycles. The molecule has 0 bridgehead atoms. The molecule has 0 N–H and O–H groups in total. The third-order valence-corrected chi connectivity index (χ3v) is 2.41. The van der Waals surface area contributed by atoms with E-state index in [1.807, 2.05) is 12.2 Å². The highest BCUT2D eigenvalue weighted by atomic mass is 14.1. The predicted molar refractivity (Wildman–Crippen MR) is 73.2 cm³/mol. The van der Waals surface area contributed by atoms with Gasteiger partial charge in [-0.15, -0.1) is 0 Å². The van der Waals surface area contributed by atoms with Crippen molar-refractivity contribution >= 4 is 0 Å². The molecular weight excluding hydrogens is 192 g/mol. The fraction of sp³-hybridized carbons (Fsp3) is 0.250. The molecule has 0 fully saturated rings. The second kappa shape index (κ2) is 6.84. The third-order valence-electron chi connectivity index (χ3n) is 2.41. The average molecular weight is 212 g/mol. The zero-order valence-corrected chi connectivity index (χ0v) is 10.2. The standard InChI is InChI=1S/C16H20/c1-4-6-11-15(9-5-2)16-12-8-7-10-14(3)13-16/h4,6-14H,1,5H2,2-3H3/b11-6-,15-9+. The van der Waals surface area contributed by atoms with Gasteiger partial charge >= 0.3 is 0 Å². The van der Waals surface area contributed by atoms with Crippen LogP contribution in [0.1, 0.15) is 20.3 Å². The SMILES string of the molecule is C=C/C=C\C(=C/CC)C1=CC(C)C=CC=C1. The first-order chi connectivity index (χ1) is 7.77. The Kier molecular flexibility index (Phi) is 5.35. The lowest BCUT2D eigenvalue weighted by Gasteiger charge is -2.05. The van der Waals surface area contributed by atoms with Crippen molar-refractivity contribution in [3.8, 4) is 0 Å². The van der Waals surface area contributed by atoms with Crippen LogP contribution in [0, 0.1) is 5.92 Å². The first-order valence-corrected chi connectivity index (χ1v) is 5.84. The molecule has 1 rings (SSSR count). The van der Waals surface area contributed by atoms with E-state index in [0.717, 1.165) is 6.42 Å². The lowest BCUT2D eigenvalue weighted by molar-refractivity contribution is 0.935. The van der Waals surface area contributed by atoms with E-state index in [2.05, 4.69) is 63.0 Å². The van der Waals surface area contributed by atoms with Crippen LogP contribution < -0.4 is 0 Å². The van der Waals surface area contributed by atoms with E-state index in [4.69, 9.17) is 0 Å². The van der Waals surface area contributed by atoms with Crippen LogP contribution in [0.2, 0.25) is 0 Å². The average Bonchev–Trinajstić information content (AvgIpc) is 2.49. The molecule has 1 aliphatic rings. The molecule has 0 saturated carbocycles. The van der Waals surface area contributed by atoms with Crippen LogP contribution in [0.25, 0.3) is 0 Å². The second-order valence-corrected chi connectivity index (χ2v) is 3.89. The Hall–Kier alpha value is -1.56. The highest BCUT2D eigenvalue weighted by molar-refractivity contribution is 5.49. The predicted octanol–water partition coefficient (Wildman–Crippen LogP) is 4.75. The van der Waals surface area contributed by atoms with Gasteiger partial charge in [-0.1, -0.05) is 75.1 Å². The highest BCUT2D eigenvalue weighted by Crippen LogP contribution is 2.19. The first-order valence-electron chi connectivity index (χ1n) is 5.84. The Morgan fingerprint density at radius 2 is 2.25 bits per heavy atom. The molecule has 0 aromatic heterocycles. The molecule has 0 spiro atoms. The molecule has 0 heteroatoms. The second-order valence-electron chi connectivity index (χ2n) is 3.89. The third kappa shape index (κ3) is 3.90. The molecule has 16 heavy (non-hydrogen) atoms. The normalized spacial score (nSPS) is 21.0. The van der Waals surface area contributed by atoms with Gasteiger partial charge in [0, 0.05) is 0 Å². The molecular formula is C16H20. The molecule has 1 atom stereocenters. The minimum absolute atomic E-state index is 0.488. The lowest BCUT2D eigenvalue weighted by atomic mass is 10.00. The minimum atomic E-state index is 0.488. The molecule has 0 aromatic carbocycles. The monoisotopic (exact) mass is 212 g/mol. The van der Waals surface area contributed by atoms with Crippen molar-refractivity contribution in [1.82, 2.24) is 0 Å². The molecule has 0 aliphatic heterocycles. The Morgan fingerprint density at radius 1 is 1.44 bits per heavy atom. The van der Waals surface area contributed by atoms with Gasteiger partial charge in [0.15, 0.2) is 0 Å². The molecule has 1 unspecified atom stereocenters. The molecule has 1 aliphatic carbocycles. The van der Waals surface area contributed by atoms with Gasteiger partial charge in [-0.05, 0) is 23.5 Å². The topological polar surface area (TPSA) is 0 Å². The van der Waals surface area contributed by atoms with Gasteiger partial charge in [-0.3, -0.25) is 0 Å². The maximum Gasteiger partial charge on any atom is -0.00696 e. The van der Waals surface area contributed by atoms with Crippen molar-refractivity contribution in [3.05, 3.63) is 72.4 Å². The molecule has 0 aromatic rings. The first kappa shape index (κ1) is 12.5. The van der Waals surface area contributed by atoms with Crippen LogP contribution in [0.5, 0.6) is 0 Å². The van der Waals surface area contributed by atoms with Crippen LogP contribution >= 0.6 is 0 Å². The molecule has 0 amide bonds. The van der Waals surface area contributed by atoms with Crippen molar-refractivity contribution in [2.45, 2.75) is 20.3 Å². The summed E-state index contributed by atoms with van der Waals surface area (Å²) in [6.07, 6.45) is 20.1. The van der Waals surface area contributed by atoms with E-state index in [0.29, 0.717) is 5.92 Å². The summed E-state index contributed by atoms with van der Waals surface area (Å²) in [6.45, 7) is 8.06. The van der Waals surface area contributed by atoms with E-state index in [1.54, 1.807) is 0 Å². The van der Waals surface area contributed by atoms with E-state index in [9.17, 15) is 0 Å². The van der Waals surface area contributed by atoms with Crippen LogP contribution in [0.15, 0.2) is 72.4 Å². The maximum atomic E-state index is 3.71. The summed E-state index contributed by atoms with van der Waals surface area (Å²) >= 11 is 0. The van der Waals surface area contributed by atoms with E-state index in [-0.39, 0.29) is 0 Å². The quantitative estimate of drug-likeness (QED) is 0.590. The van der Waals surface area contributed by atoms with Crippen LogP contribution in [0.3, 0.4) is 0 Å². The number of rotatable bonds is 4. The summed E-state index contributed by atoms with van der Waals surface area (Å²) in [5.41, 5.74) is 2.56. The Morgan fingerprint density at radius 3 is 2.94 bits per heavy atom. The summed E-state index contributed by atoms with van der Waals surface area (Å²) in [5, 5.41) is 0. The Labute approximate surface area is 99.1 Å². The van der Waals surface area contributed by atoms with E-state index in [1.165, 1.54) is 11.1 Å². The van der Waals surface area contributed by atoms with E-state index < -0.39 is 0 Å². The van der Waals surface area contributed by atoms with Gasteiger partial charge < -0.3 is 0 Å². The largest absolute Gasteiger partial charge is 0.0991 e. The Balaban J connectivity index is 2.99. The summed E-state index contributed by atoms with van der Waals surface area (Å²) in [7, 11) is 0. The molecule has 0 radical (unpaired) electrons. The fourth-order valence-electron chi connectivity index (χ4n) is 1.66. The van der Waals surface area contributed by atoms with Crippen LogP contribution in [-0.2, 0) is 0 Å².